The number of Topliss-reactive ketones (excluding diaryl/α,β-unsaturated/α-hetero) is 1. The molecule has 0 aromatic heterocycles. The van der Waals surface area contributed by atoms with Crippen LogP contribution in [0.25, 0.3) is 0 Å². The van der Waals surface area contributed by atoms with E-state index in [2.05, 4.69) is 44.0 Å². The SMILES string of the molecule is COC(=O)C1C(c2ccc(C(=O)C3CCCC3)cc2)CC2CCC1N2C.[C-]#[O+].[C-]#[O+].[C-]#[O+].[CH3-].[Re]. The summed E-state index contributed by atoms with van der Waals surface area (Å²) in [7, 11) is 3.63. The van der Waals surface area contributed by atoms with Gasteiger partial charge in [0.15, 0.2) is 5.78 Å². The Bertz CT molecular complexity index is 799. The number of esters is 1. The smallest absolute Gasteiger partial charge is 0 e. The van der Waals surface area contributed by atoms with Crippen LogP contribution in [-0.2, 0) is 43.9 Å². The van der Waals surface area contributed by atoms with Crippen LogP contribution in [0.2, 0.25) is 0 Å². The van der Waals surface area contributed by atoms with Crippen LogP contribution in [0, 0.1) is 39.2 Å². The Labute approximate surface area is 216 Å². The van der Waals surface area contributed by atoms with Crippen LogP contribution in [-0.4, -0.2) is 42.9 Å². The summed E-state index contributed by atoms with van der Waals surface area (Å²) in [6.45, 7) is 13.5. The molecule has 34 heavy (non-hydrogen) atoms. The quantitative estimate of drug-likeness (QED) is 0.214. The Balaban J connectivity index is 0. The van der Waals surface area contributed by atoms with Crippen molar-refractivity contribution in [2.75, 3.05) is 14.2 Å². The van der Waals surface area contributed by atoms with E-state index in [9.17, 15) is 9.59 Å². The number of ether oxygens (including phenoxy) is 1. The first-order valence-electron chi connectivity index (χ1n) is 10.7. The summed E-state index contributed by atoms with van der Waals surface area (Å²) < 4.78 is 27.7. The number of carbonyl (C=O) groups is 2. The predicted octanol–water partition coefficient (Wildman–Crippen LogP) is 4.13. The van der Waals surface area contributed by atoms with E-state index in [0.717, 1.165) is 37.7 Å². The van der Waals surface area contributed by atoms with Gasteiger partial charge in [-0.15, -0.1) is 0 Å². The summed E-state index contributed by atoms with van der Waals surface area (Å²) in [5.74, 6) is 0.482. The van der Waals surface area contributed by atoms with Gasteiger partial charge >= 0.3 is 39.9 Å². The van der Waals surface area contributed by atoms with Crippen LogP contribution in [0.15, 0.2) is 24.3 Å². The largest absolute Gasteiger partial charge is 0.358 e. The van der Waals surface area contributed by atoms with E-state index in [1.54, 1.807) is 0 Å². The number of piperidine rings is 1. The maximum absolute atomic E-state index is 12.6. The second kappa shape index (κ2) is 17.6. The Kier molecular flexibility index (Phi) is 17.8. The van der Waals surface area contributed by atoms with Gasteiger partial charge in [0, 0.05) is 49.9 Å². The maximum atomic E-state index is 12.6. The fourth-order valence-electron chi connectivity index (χ4n) is 5.59. The van der Waals surface area contributed by atoms with Crippen LogP contribution in [0.1, 0.15) is 66.8 Å². The molecule has 7 nitrogen and oxygen atoms in total. The summed E-state index contributed by atoms with van der Waals surface area (Å²) in [6.07, 6.45) is 7.62. The number of ketones is 1. The molecule has 4 unspecified atom stereocenters. The van der Waals surface area contributed by atoms with Gasteiger partial charge in [0.25, 0.3) is 0 Å². The minimum Gasteiger partial charge on any atom is -0.358 e. The van der Waals surface area contributed by atoms with E-state index in [-0.39, 0.29) is 57.6 Å². The van der Waals surface area contributed by atoms with Crippen molar-refractivity contribution in [3.8, 4) is 0 Å². The third kappa shape index (κ3) is 7.60. The van der Waals surface area contributed by atoms with Gasteiger partial charge in [0.05, 0.1) is 13.0 Å². The first-order chi connectivity index (χ1) is 15.6. The van der Waals surface area contributed by atoms with Crippen molar-refractivity contribution in [2.45, 2.75) is 62.9 Å². The van der Waals surface area contributed by atoms with Gasteiger partial charge in [-0.2, -0.15) is 0 Å². The van der Waals surface area contributed by atoms with Gasteiger partial charge in [0.1, 0.15) is 0 Å². The molecule has 1 aromatic carbocycles. The zero-order valence-electron chi connectivity index (χ0n) is 19.9. The summed E-state index contributed by atoms with van der Waals surface area (Å²) in [5.41, 5.74) is 2.00. The van der Waals surface area contributed by atoms with E-state index < -0.39 is 0 Å². The number of fused-ring (bicyclic) bond motifs is 2. The van der Waals surface area contributed by atoms with Gasteiger partial charge in [-0.25, -0.2) is 0 Å². The molecule has 3 fully saturated rings. The predicted molar refractivity (Wildman–Crippen MR) is 118 cm³/mol. The topological polar surface area (TPSA) is 106 Å². The molecule has 2 bridgehead atoms. The van der Waals surface area contributed by atoms with E-state index in [0.29, 0.717) is 11.8 Å². The number of rotatable bonds is 4. The van der Waals surface area contributed by atoms with Gasteiger partial charge in [-0.3, -0.25) is 14.5 Å². The average molecular weight is 641 g/mol. The van der Waals surface area contributed by atoms with Gasteiger partial charge in [-0.1, -0.05) is 37.1 Å². The van der Waals surface area contributed by atoms with Crippen LogP contribution in [0.4, 0.5) is 0 Å². The minimum absolute atomic E-state index is 0. The first-order valence-corrected chi connectivity index (χ1v) is 10.7. The molecule has 1 aromatic rings. The molecular formula is C26H32NO6Re-. The molecule has 0 amide bonds. The zero-order chi connectivity index (χ0) is 24.3. The average Bonchev–Trinajstić information content (AvgIpc) is 3.48. The number of nitrogens with zero attached hydrogens (tertiary/aromatic N) is 1. The third-order valence-electron chi connectivity index (χ3n) is 7.09. The number of hydrogen-bond acceptors (Lipinski definition) is 4. The van der Waals surface area contributed by atoms with Crippen molar-refractivity contribution in [1.82, 2.24) is 4.90 Å². The molecule has 4 atom stereocenters. The normalized spacial score (nSPS) is 24.6. The molecule has 2 saturated heterocycles. The Morgan fingerprint density at radius 2 is 1.47 bits per heavy atom. The van der Waals surface area contributed by atoms with Crippen LogP contribution in [0.5, 0.6) is 0 Å². The summed E-state index contributed by atoms with van der Waals surface area (Å²) >= 11 is 0. The summed E-state index contributed by atoms with van der Waals surface area (Å²) in [6, 6.07) is 8.92. The van der Waals surface area contributed by atoms with Crippen molar-refractivity contribution in [3.63, 3.8) is 0 Å². The molecule has 1 radical (unpaired) electrons. The third-order valence-corrected chi connectivity index (χ3v) is 7.09. The molecular weight excluding hydrogens is 608 g/mol. The molecule has 1 saturated carbocycles. The number of hydrogen-bond donors (Lipinski definition) is 0. The standard InChI is InChI=1S/C22H29NO3.3CO.CH3.Re/c1-23-17-11-12-19(23)20(22(25)26-2)18(13-17)14-7-9-16(10-8-14)21(24)15-5-3-4-6-15;3*1-2;;/h7-10,15,17-20H,3-6,11-13H2,1-2H3;;;;1H3;/q;;;;-1;. The monoisotopic (exact) mass is 641 g/mol. The molecule has 0 N–H and O–H groups in total. The van der Waals surface area contributed by atoms with E-state index in [4.69, 9.17) is 18.7 Å². The van der Waals surface area contributed by atoms with Crippen LogP contribution >= 0.6 is 0 Å². The summed E-state index contributed by atoms with van der Waals surface area (Å²) in [5, 5.41) is 0. The summed E-state index contributed by atoms with van der Waals surface area (Å²) in [4.78, 5) is 27.5. The van der Waals surface area contributed by atoms with E-state index >= 15 is 0 Å². The van der Waals surface area contributed by atoms with Crippen molar-refractivity contribution >= 4 is 11.8 Å². The molecule has 8 heteroatoms. The van der Waals surface area contributed by atoms with Crippen molar-refractivity contribution in [1.29, 1.82) is 0 Å². The Hall–Kier alpha value is -1.80. The van der Waals surface area contributed by atoms with Gasteiger partial charge in [-0.05, 0) is 44.7 Å². The van der Waals surface area contributed by atoms with Crippen LogP contribution in [0.3, 0.4) is 0 Å². The molecule has 2 heterocycles. The second-order valence-electron chi connectivity index (χ2n) is 8.32. The molecule has 1 aliphatic carbocycles. The fraction of sp³-hybridized carbons (Fsp3) is 0.538. The molecule has 4 rings (SSSR count). The van der Waals surface area contributed by atoms with Crippen molar-refractivity contribution < 1.29 is 48.7 Å². The van der Waals surface area contributed by atoms with Crippen molar-refractivity contribution in [3.05, 3.63) is 62.8 Å². The molecule has 185 valence electrons. The zero-order valence-corrected chi connectivity index (χ0v) is 22.6. The Morgan fingerprint density at radius 1 is 0.941 bits per heavy atom. The second-order valence-corrected chi connectivity index (χ2v) is 8.32. The maximum Gasteiger partial charge on any atom is 0 e. The molecule has 2 aliphatic heterocycles. The number of carbonyl (C=O) groups excluding carboxylic acids is 2. The van der Waals surface area contributed by atoms with E-state index in [1.807, 2.05) is 12.1 Å². The molecule has 0 spiro atoms. The molecule has 3 aliphatic rings. The van der Waals surface area contributed by atoms with Crippen LogP contribution < -0.4 is 0 Å². The van der Waals surface area contributed by atoms with E-state index in [1.165, 1.54) is 25.5 Å². The number of benzene rings is 1. The van der Waals surface area contributed by atoms with Gasteiger partial charge in [0.2, 0.25) is 0 Å². The Morgan fingerprint density at radius 3 is 1.97 bits per heavy atom. The van der Waals surface area contributed by atoms with Gasteiger partial charge < -0.3 is 12.2 Å². The minimum atomic E-state index is -0.111. The van der Waals surface area contributed by atoms with Crippen molar-refractivity contribution in [2.24, 2.45) is 11.8 Å². The fourth-order valence-corrected chi connectivity index (χ4v) is 5.59. The number of methoxy groups -OCH3 is 1. The first kappa shape index (κ1) is 34.4.